The highest BCUT2D eigenvalue weighted by Crippen LogP contribution is 2.17. The second-order valence-corrected chi connectivity index (χ2v) is 9.33. The molecule has 0 bridgehead atoms. The van der Waals surface area contributed by atoms with E-state index in [1.54, 1.807) is 12.1 Å². The van der Waals surface area contributed by atoms with Gasteiger partial charge in [-0.1, -0.05) is 28.1 Å². The van der Waals surface area contributed by atoms with Gasteiger partial charge in [0, 0.05) is 42.8 Å². The fourth-order valence-corrected chi connectivity index (χ4v) is 4.23. The number of morpholine rings is 1. The van der Waals surface area contributed by atoms with Gasteiger partial charge in [-0.25, -0.2) is 13.1 Å². The summed E-state index contributed by atoms with van der Waals surface area (Å²) < 4.78 is 33.0. The molecule has 0 saturated carbocycles. The lowest BCUT2D eigenvalue weighted by molar-refractivity contribution is -0.121. The standard InChI is InChI=1S/C20H24BrN3O4S/c21-17-3-7-19(8-4-17)29(26,27)23-10-9-20(25)22-15-16-1-5-18(6-2-16)24-11-13-28-14-12-24/h1-8,23H,9-15H2,(H,22,25). The second-order valence-electron chi connectivity index (χ2n) is 6.64. The molecule has 0 unspecified atom stereocenters. The second kappa shape index (κ2) is 10.2. The lowest BCUT2D eigenvalue weighted by atomic mass is 10.2. The minimum atomic E-state index is -3.62. The minimum Gasteiger partial charge on any atom is -0.378 e. The predicted molar refractivity (Wildman–Crippen MR) is 115 cm³/mol. The van der Waals surface area contributed by atoms with Crippen LogP contribution in [0.15, 0.2) is 57.9 Å². The van der Waals surface area contributed by atoms with Crippen LogP contribution in [0, 0.1) is 0 Å². The number of hydrogen-bond donors (Lipinski definition) is 2. The zero-order chi connectivity index (χ0) is 20.7. The van der Waals surface area contributed by atoms with Crippen molar-refractivity contribution in [2.24, 2.45) is 0 Å². The molecule has 29 heavy (non-hydrogen) atoms. The highest BCUT2D eigenvalue weighted by Gasteiger charge is 2.14. The van der Waals surface area contributed by atoms with Crippen molar-refractivity contribution in [2.45, 2.75) is 17.9 Å². The molecular weight excluding hydrogens is 458 g/mol. The molecule has 0 aromatic heterocycles. The smallest absolute Gasteiger partial charge is 0.240 e. The molecule has 2 N–H and O–H groups in total. The summed E-state index contributed by atoms with van der Waals surface area (Å²) >= 11 is 3.27. The van der Waals surface area contributed by atoms with Gasteiger partial charge in [-0.05, 0) is 42.0 Å². The van der Waals surface area contributed by atoms with Crippen LogP contribution in [0.1, 0.15) is 12.0 Å². The fourth-order valence-electron chi connectivity index (χ4n) is 2.93. The lowest BCUT2D eigenvalue weighted by Gasteiger charge is -2.28. The average Bonchev–Trinajstić information content (AvgIpc) is 2.73. The first-order valence-electron chi connectivity index (χ1n) is 9.38. The molecule has 0 radical (unpaired) electrons. The third-order valence-corrected chi connectivity index (χ3v) is 6.58. The number of nitrogens with one attached hydrogen (secondary N) is 2. The summed E-state index contributed by atoms with van der Waals surface area (Å²) in [4.78, 5) is 14.5. The van der Waals surface area contributed by atoms with Gasteiger partial charge in [0.1, 0.15) is 0 Å². The molecule has 2 aromatic rings. The van der Waals surface area contributed by atoms with Crippen molar-refractivity contribution >= 4 is 37.5 Å². The van der Waals surface area contributed by atoms with Gasteiger partial charge in [0.05, 0.1) is 18.1 Å². The lowest BCUT2D eigenvalue weighted by Crippen LogP contribution is -2.36. The first-order chi connectivity index (χ1) is 13.9. The highest BCUT2D eigenvalue weighted by molar-refractivity contribution is 9.10. The van der Waals surface area contributed by atoms with Crippen LogP contribution in [-0.4, -0.2) is 47.2 Å². The number of ether oxygens (including phenoxy) is 1. The SMILES string of the molecule is O=C(CCNS(=O)(=O)c1ccc(Br)cc1)NCc1ccc(N2CCOCC2)cc1. The van der Waals surface area contributed by atoms with Crippen LogP contribution in [-0.2, 0) is 26.1 Å². The Bertz CT molecular complexity index is 912. The molecule has 1 saturated heterocycles. The molecule has 0 spiro atoms. The van der Waals surface area contributed by atoms with E-state index in [1.807, 2.05) is 24.3 Å². The van der Waals surface area contributed by atoms with Crippen LogP contribution in [0.4, 0.5) is 5.69 Å². The number of halogens is 1. The van der Waals surface area contributed by atoms with Crippen LogP contribution < -0.4 is 14.9 Å². The first kappa shape index (κ1) is 21.8. The molecule has 9 heteroatoms. The number of sulfonamides is 1. The van der Waals surface area contributed by atoms with Gasteiger partial charge in [0.25, 0.3) is 0 Å². The summed E-state index contributed by atoms with van der Waals surface area (Å²) in [5.41, 5.74) is 2.14. The number of amides is 1. The van der Waals surface area contributed by atoms with Crippen molar-refractivity contribution in [1.82, 2.24) is 10.0 Å². The Morgan fingerprint density at radius 2 is 1.69 bits per heavy atom. The number of carbonyl (C=O) groups excluding carboxylic acids is 1. The number of carbonyl (C=O) groups is 1. The van der Waals surface area contributed by atoms with Gasteiger partial charge >= 0.3 is 0 Å². The fraction of sp³-hybridized carbons (Fsp3) is 0.350. The Labute approximate surface area is 179 Å². The van der Waals surface area contributed by atoms with Gasteiger partial charge in [-0.2, -0.15) is 0 Å². The maximum atomic E-state index is 12.2. The third kappa shape index (κ3) is 6.53. The van der Waals surface area contributed by atoms with E-state index in [0.29, 0.717) is 6.54 Å². The molecule has 1 aliphatic heterocycles. The summed E-state index contributed by atoms with van der Waals surface area (Å²) in [6.07, 6.45) is 0.0711. The molecule has 0 atom stereocenters. The van der Waals surface area contributed by atoms with Crippen LogP contribution in [0.5, 0.6) is 0 Å². The van der Waals surface area contributed by atoms with Crippen molar-refractivity contribution in [3.8, 4) is 0 Å². The summed E-state index contributed by atoms with van der Waals surface area (Å²) in [6, 6.07) is 14.4. The zero-order valence-corrected chi connectivity index (χ0v) is 18.3. The number of rotatable bonds is 8. The van der Waals surface area contributed by atoms with E-state index in [0.717, 1.165) is 42.0 Å². The Kier molecular flexibility index (Phi) is 7.65. The quantitative estimate of drug-likeness (QED) is 0.603. The van der Waals surface area contributed by atoms with Crippen LogP contribution in [0.2, 0.25) is 0 Å². The van der Waals surface area contributed by atoms with Crippen LogP contribution in [0.25, 0.3) is 0 Å². The van der Waals surface area contributed by atoms with Gasteiger partial charge in [-0.15, -0.1) is 0 Å². The van der Waals surface area contributed by atoms with E-state index >= 15 is 0 Å². The maximum absolute atomic E-state index is 12.2. The number of benzene rings is 2. The molecule has 1 heterocycles. The van der Waals surface area contributed by atoms with Crippen molar-refractivity contribution < 1.29 is 17.9 Å². The Balaban J connectivity index is 1.41. The molecule has 3 rings (SSSR count). The van der Waals surface area contributed by atoms with Gasteiger partial charge < -0.3 is 15.0 Å². The number of anilines is 1. The molecule has 1 aliphatic rings. The molecule has 1 fully saturated rings. The third-order valence-electron chi connectivity index (χ3n) is 4.57. The Morgan fingerprint density at radius 3 is 2.34 bits per heavy atom. The number of nitrogens with zero attached hydrogens (tertiary/aromatic N) is 1. The first-order valence-corrected chi connectivity index (χ1v) is 11.7. The van der Waals surface area contributed by atoms with Crippen molar-refractivity contribution in [3.05, 3.63) is 58.6 Å². The van der Waals surface area contributed by atoms with Crippen LogP contribution in [0.3, 0.4) is 0 Å². The van der Waals surface area contributed by atoms with E-state index in [-0.39, 0.29) is 23.8 Å². The summed E-state index contributed by atoms with van der Waals surface area (Å²) in [6.45, 7) is 3.69. The molecule has 7 nitrogen and oxygen atoms in total. The van der Waals surface area contributed by atoms with Gasteiger partial charge in [-0.3, -0.25) is 4.79 Å². The summed E-state index contributed by atoms with van der Waals surface area (Å²) in [5.74, 6) is -0.208. The van der Waals surface area contributed by atoms with Crippen molar-refractivity contribution in [3.63, 3.8) is 0 Å². The van der Waals surface area contributed by atoms with Crippen molar-refractivity contribution in [1.29, 1.82) is 0 Å². The number of hydrogen-bond acceptors (Lipinski definition) is 5. The Hall–Kier alpha value is -1.94. The zero-order valence-electron chi connectivity index (χ0n) is 15.9. The average molecular weight is 482 g/mol. The normalized spacial score (nSPS) is 14.6. The molecule has 2 aromatic carbocycles. The Morgan fingerprint density at radius 1 is 1.03 bits per heavy atom. The maximum Gasteiger partial charge on any atom is 0.240 e. The molecule has 0 aliphatic carbocycles. The summed E-state index contributed by atoms with van der Waals surface area (Å²) in [7, 11) is -3.62. The van der Waals surface area contributed by atoms with E-state index in [9.17, 15) is 13.2 Å². The van der Waals surface area contributed by atoms with Gasteiger partial charge in [0.15, 0.2) is 0 Å². The molecular formula is C20H24BrN3O4S. The van der Waals surface area contributed by atoms with Crippen LogP contribution >= 0.6 is 15.9 Å². The topological polar surface area (TPSA) is 87.7 Å². The largest absolute Gasteiger partial charge is 0.378 e. The van der Waals surface area contributed by atoms with Crippen molar-refractivity contribution in [2.75, 3.05) is 37.7 Å². The summed E-state index contributed by atoms with van der Waals surface area (Å²) in [5, 5.41) is 2.82. The molecule has 156 valence electrons. The van der Waals surface area contributed by atoms with E-state index in [4.69, 9.17) is 4.74 Å². The highest BCUT2D eigenvalue weighted by atomic mass is 79.9. The van der Waals surface area contributed by atoms with E-state index in [1.165, 1.54) is 12.1 Å². The van der Waals surface area contributed by atoms with Gasteiger partial charge in [0.2, 0.25) is 15.9 Å². The minimum absolute atomic E-state index is 0.0419. The van der Waals surface area contributed by atoms with E-state index in [2.05, 4.69) is 30.9 Å². The van der Waals surface area contributed by atoms with E-state index < -0.39 is 10.0 Å². The monoisotopic (exact) mass is 481 g/mol. The molecule has 1 amide bonds. The predicted octanol–water partition coefficient (Wildman–Crippen LogP) is 2.27.